The van der Waals surface area contributed by atoms with E-state index in [1.807, 2.05) is 4.68 Å². The Hall–Kier alpha value is -0.420. The van der Waals surface area contributed by atoms with E-state index in [0.29, 0.717) is 6.04 Å². The quantitative estimate of drug-likeness (QED) is 0.757. The minimum atomic E-state index is 0.395. The number of nitrogens with zero attached hydrogens (tertiary/aromatic N) is 4. The summed E-state index contributed by atoms with van der Waals surface area (Å²) in [6.07, 6.45) is 6.89. The molecule has 0 amide bonds. The lowest BCUT2D eigenvalue weighted by Crippen LogP contribution is -2.30. The number of aromatic nitrogens is 3. The van der Waals surface area contributed by atoms with Crippen molar-refractivity contribution in [3.05, 3.63) is 12.2 Å². The predicted octanol–water partition coefficient (Wildman–Crippen LogP) is 3.00. The summed E-state index contributed by atoms with van der Waals surface area (Å²) in [5.41, 5.74) is 0. The molecule has 1 aliphatic heterocycles. The van der Waals surface area contributed by atoms with Gasteiger partial charge in [0.25, 0.3) is 0 Å². The summed E-state index contributed by atoms with van der Waals surface area (Å²) < 4.78 is 2.04. The van der Waals surface area contributed by atoms with E-state index in [2.05, 4.69) is 44.8 Å². The zero-order chi connectivity index (χ0) is 13.0. The fourth-order valence-electron chi connectivity index (χ4n) is 2.74. The van der Waals surface area contributed by atoms with Gasteiger partial charge in [0.1, 0.15) is 12.2 Å². The summed E-state index contributed by atoms with van der Waals surface area (Å²) in [5, 5.41) is 5.43. The Morgan fingerprint density at radius 1 is 1.50 bits per heavy atom. The van der Waals surface area contributed by atoms with Gasteiger partial charge in [-0.2, -0.15) is 5.10 Å². The lowest BCUT2D eigenvalue weighted by atomic mass is 10.1. The molecule has 1 aromatic heterocycles. The van der Waals surface area contributed by atoms with Gasteiger partial charge < -0.3 is 0 Å². The van der Waals surface area contributed by atoms with Crippen LogP contribution in [0.5, 0.6) is 0 Å². The van der Waals surface area contributed by atoms with E-state index in [1.165, 1.54) is 32.2 Å². The van der Waals surface area contributed by atoms with Crippen LogP contribution in [0.15, 0.2) is 6.33 Å². The van der Waals surface area contributed by atoms with Crippen LogP contribution in [0.1, 0.15) is 51.4 Å². The summed E-state index contributed by atoms with van der Waals surface area (Å²) >= 11 is 3.52. The first-order valence-electron chi connectivity index (χ1n) is 6.90. The maximum atomic E-state index is 4.42. The number of alkyl halides is 1. The molecule has 0 N–H and O–H groups in total. The van der Waals surface area contributed by atoms with Gasteiger partial charge in [0, 0.05) is 17.4 Å². The molecule has 2 heterocycles. The maximum Gasteiger partial charge on any atom is 0.141 e. The first-order valence-corrected chi connectivity index (χ1v) is 8.03. The molecule has 0 radical (unpaired) electrons. The fourth-order valence-corrected chi connectivity index (χ4v) is 3.07. The summed E-state index contributed by atoms with van der Waals surface area (Å²) in [6.45, 7) is 6.47. The third kappa shape index (κ3) is 3.32. The summed E-state index contributed by atoms with van der Waals surface area (Å²) in [7, 11) is 0. The second-order valence-corrected chi connectivity index (χ2v) is 6.11. The molecule has 18 heavy (non-hydrogen) atoms. The topological polar surface area (TPSA) is 34.0 Å². The minimum absolute atomic E-state index is 0.395. The van der Waals surface area contributed by atoms with Crippen LogP contribution in [0.25, 0.3) is 0 Å². The molecule has 4 nitrogen and oxygen atoms in total. The number of hydrogen-bond acceptors (Lipinski definition) is 3. The van der Waals surface area contributed by atoms with Gasteiger partial charge in [0.15, 0.2) is 0 Å². The Morgan fingerprint density at radius 2 is 2.33 bits per heavy atom. The molecule has 0 spiro atoms. The highest BCUT2D eigenvalue weighted by molar-refractivity contribution is 9.09. The van der Waals surface area contributed by atoms with Gasteiger partial charge in [-0.05, 0) is 46.1 Å². The molecule has 0 aromatic carbocycles. The Kier molecular flexibility index (Phi) is 5.18. The smallest absolute Gasteiger partial charge is 0.141 e. The Morgan fingerprint density at radius 3 is 3.06 bits per heavy atom. The van der Waals surface area contributed by atoms with Gasteiger partial charge in [0.05, 0.1) is 6.54 Å². The van der Waals surface area contributed by atoms with E-state index >= 15 is 0 Å². The lowest BCUT2D eigenvalue weighted by molar-refractivity contribution is 0.222. The Balaban J connectivity index is 1.97. The zero-order valence-corrected chi connectivity index (χ0v) is 12.9. The van der Waals surface area contributed by atoms with Crippen LogP contribution >= 0.6 is 15.9 Å². The first-order chi connectivity index (χ1) is 8.72. The standard InChI is InChI=1S/C13H23BrN4/c1-11(2)18-13(15-10-16-18)9-17-8-4-6-12(17)5-3-7-14/h10-12H,3-9H2,1-2H3. The van der Waals surface area contributed by atoms with E-state index in [-0.39, 0.29) is 0 Å². The summed E-state index contributed by atoms with van der Waals surface area (Å²) in [5.74, 6) is 1.11. The van der Waals surface area contributed by atoms with E-state index in [0.717, 1.165) is 23.7 Å². The zero-order valence-electron chi connectivity index (χ0n) is 11.3. The number of hydrogen-bond donors (Lipinski definition) is 0. The van der Waals surface area contributed by atoms with Crippen molar-refractivity contribution in [3.8, 4) is 0 Å². The molecule has 1 unspecified atom stereocenters. The van der Waals surface area contributed by atoms with Crippen LogP contribution in [0.4, 0.5) is 0 Å². The van der Waals surface area contributed by atoms with Crippen molar-refractivity contribution in [2.75, 3.05) is 11.9 Å². The van der Waals surface area contributed by atoms with Crippen LogP contribution in [-0.4, -0.2) is 37.6 Å². The van der Waals surface area contributed by atoms with Crippen molar-refractivity contribution < 1.29 is 0 Å². The molecule has 1 fully saturated rings. The Labute approximate surface area is 118 Å². The molecule has 0 bridgehead atoms. The minimum Gasteiger partial charge on any atom is -0.293 e. The molecule has 102 valence electrons. The Bertz CT molecular complexity index is 364. The number of likely N-dealkylation sites (tertiary alicyclic amines) is 1. The van der Waals surface area contributed by atoms with Gasteiger partial charge in [-0.15, -0.1) is 0 Å². The van der Waals surface area contributed by atoms with Crippen molar-refractivity contribution >= 4 is 15.9 Å². The van der Waals surface area contributed by atoms with Gasteiger partial charge in [-0.25, -0.2) is 9.67 Å². The lowest BCUT2D eigenvalue weighted by Gasteiger charge is -2.24. The monoisotopic (exact) mass is 314 g/mol. The highest BCUT2D eigenvalue weighted by Crippen LogP contribution is 2.23. The van der Waals surface area contributed by atoms with Crippen LogP contribution in [0.2, 0.25) is 0 Å². The molecule has 1 saturated heterocycles. The molecule has 1 aliphatic rings. The third-order valence-electron chi connectivity index (χ3n) is 3.65. The largest absolute Gasteiger partial charge is 0.293 e. The highest BCUT2D eigenvalue weighted by atomic mass is 79.9. The maximum absolute atomic E-state index is 4.42. The normalized spacial score (nSPS) is 21.0. The van der Waals surface area contributed by atoms with E-state index in [4.69, 9.17) is 0 Å². The average molecular weight is 315 g/mol. The first kappa shape index (κ1) is 14.0. The molecule has 0 saturated carbocycles. The van der Waals surface area contributed by atoms with Crippen molar-refractivity contribution in [1.29, 1.82) is 0 Å². The molecule has 2 rings (SSSR count). The molecular weight excluding hydrogens is 292 g/mol. The van der Waals surface area contributed by atoms with E-state index in [9.17, 15) is 0 Å². The summed E-state index contributed by atoms with van der Waals surface area (Å²) in [4.78, 5) is 6.99. The number of rotatable bonds is 6. The predicted molar refractivity (Wildman–Crippen MR) is 76.9 cm³/mol. The second kappa shape index (κ2) is 6.66. The third-order valence-corrected chi connectivity index (χ3v) is 4.21. The van der Waals surface area contributed by atoms with Gasteiger partial charge in [0.2, 0.25) is 0 Å². The number of halogens is 1. The molecule has 0 aliphatic carbocycles. The van der Waals surface area contributed by atoms with Crippen LogP contribution in [-0.2, 0) is 6.54 Å². The molecule has 5 heteroatoms. The highest BCUT2D eigenvalue weighted by Gasteiger charge is 2.25. The SMILES string of the molecule is CC(C)n1ncnc1CN1CCCC1CCCBr. The average Bonchev–Trinajstić information content (AvgIpc) is 2.96. The summed E-state index contributed by atoms with van der Waals surface area (Å²) in [6, 6.07) is 1.13. The van der Waals surface area contributed by atoms with Crippen molar-refractivity contribution in [2.45, 2.75) is 58.2 Å². The van der Waals surface area contributed by atoms with Crippen LogP contribution in [0.3, 0.4) is 0 Å². The molecule has 1 aromatic rings. The fraction of sp³-hybridized carbons (Fsp3) is 0.846. The van der Waals surface area contributed by atoms with E-state index in [1.54, 1.807) is 6.33 Å². The van der Waals surface area contributed by atoms with Crippen molar-refractivity contribution in [2.24, 2.45) is 0 Å². The van der Waals surface area contributed by atoms with Gasteiger partial charge >= 0.3 is 0 Å². The van der Waals surface area contributed by atoms with Gasteiger partial charge in [-0.1, -0.05) is 15.9 Å². The molecular formula is C13H23BrN4. The van der Waals surface area contributed by atoms with Crippen LogP contribution < -0.4 is 0 Å². The van der Waals surface area contributed by atoms with E-state index < -0.39 is 0 Å². The van der Waals surface area contributed by atoms with Crippen molar-refractivity contribution in [3.63, 3.8) is 0 Å². The van der Waals surface area contributed by atoms with Crippen molar-refractivity contribution in [1.82, 2.24) is 19.7 Å². The van der Waals surface area contributed by atoms with Crippen LogP contribution in [0, 0.1) is 0 Å². The van der Waals surface area contributed by atoms with Gasteiger partial charge in [-0.3, -0.25) is 4.90 Å². The second-order valence-electron chi connectivity index (χ2n) is 5.31. The molecule has 1 atom stereocenters.